The molecule has 0 bridgehead atoms. The predicted molar refractivity (Wildman–Crippen MR) is 106 cm³/mol. The first-order valence-electron chi connectivity index (χ1n) is 8.83. The molecule has 0 aromatic rings. The summed E-state index contributed by atoms with van der Waals surface area (Å²) < 4.78 is 5.45. The zero-order valence-corrected chi connectivity index (χ0v) is 17.2. The van der Waals surface area contributed by atoms with Crippen LogP contribution in [0.1, 0.15) is 39.5 Å². The van der Waals surface area contributed by atoms with E-state index in [-0.39, 0.29) is 29.5 Å². The molecule has 23 heavy (non-hydrogen) atoms. The summed E-state index contributed by atoms with van der Waals surface area (Å²) >= 11 is 0. The highest BCUT2D eigenvalue weighted by Crippen LogP contribution is 2.60. The third kappa shape index (κ3) is 4.95. The fraction of sp³-hybridized carbons (Fsp3) is 0.941. The Bertz CT molecular complexity index is 413. The second-order valence-electron chi connectivity index (χ2n) is 7.83. The molecule has 0 radical (unpaired) electrons. The van der Waals surface area contributed by atoms with Gasteiger partial charge in [0.1, 0.15) is 0 Å². The van der Waals surface area contributed by atoms with Crippen LogP contribution in [0.3, 0.4) is 0 Å². The minimum absolute atomic E-state index is 0. The number of nitrogens with zero attached hydrogens (tertiary/aromatic N) is 2. The Morgan fingerprint density at radius 2 is 1.87 bits per heavy atom. The van der Waals surface area contributed by atoms with Gasteiger partial charge in [-0.2, -0.15) is 0 Å². The highest BCUT2D eigenvalue weighted by atomic mass is 127. The Kier molecular flexibility index (Phi) is 6.58. The standard InChI is InChI=1S/C17H32N4O.HI/c1-16(2,21-8-10-22-11-9-21)12-19-15(18-3)20-13-17(6-7-17)14-4-5-14;/h14H,4-13H2,1-3H3,(H2,18,19,20);1H. The quantitative estimate of drug-likeness (QED) is 0.380. The summed E-state index contributed by atoms with van der Waals surface area (Å²) in [6.45, 7) is 10.3. The normalized spacial score (nSPS) is 24.7. The van der Waals surface area contributed by atoms with E-state index in [2.05, 4.69) is 34.4 Å². The molecular formula is C17H33IN4O. The van der Waals surface area contributed by atoms with Crippen LogP contribution in [0.4, 0.5) is 0 Å². The van der Waals surface area contributed by atoms with Crippen LogP contribution in [0.5, 0.6) is 0 Å². The number of halogens is 1. The van der Waals surface area contributed by atoms with Gasteiger partial charge >= 0.3 is 0 Å². The van der Waals surface area contributed by atoms with Crippen LogP contribution < -0.4 is 10.6 Å². The van der Waals surface area contributed by atoms with Crippen molar-refractivity contribution in [3.05, 3.63) is 0 Å². The number of morpholine rings is 1. The third-order valence-electron chi connectivity index (χ3n) is 5.72. The topological polar surface area (TPSA) is 48.9 Å². The maximum Gasteiger partial charge on any atom is 0.191 e. The van der Waals surface area contributed by atoms with E-state index in [1.54, 1.807) is 0 Å². The number of guanidine groups is 1. The monoisotopic (exact) mass is 436 g/mol. The van der Waals surface area contributed by atoms with Gasteiger partial charge in [-0.3, -0.25) is 9.89 Å². The predicted octanol–water partition coefficient (Wildman–Crippen LogP) is 2.07. The molecular weight excluding hydrogens is 403 g/mol. The van der Waals surface area contributed by atoms with Crippen molar-refractivity contribution in [1.82, 2.24) is 15.5 Å². The first-order valence-corrected chi connectivity index (χ1v) is 8.83. The number of ether oxygens (including phenoxy) is 1. The summed E-state index contributed by atoms with van der Waals surface area (Å²) in [5.41, 5.74) is 0.729. The van der Waals surface area contributed by atoms with Gasteiger partial charge in [-0.05, 0) is 50.9 Å². The molecule has 0 atom stereocenters. The summed E-state index contributed by atoms with van der Waals surface area (Å²) in [7, 11) is 1.87. The molecule has 1 saturated heterocycles. The lowest BCUT2D eigenvalue weighted by Gasteiger charge is -2.41. The maximum atomic E-state index is 5.45. The Hall–Kier alpha value is -0.0800. The molecule has 2 saturated carbocycles. The van der Waals surface area contributed by atoms with Crippen molar-refractivity contribution in [3.63, 3.8) is 0 Å². The van der Waals surface area contributed by atoms with E-state index in [9.17, 15) is 0 Å². The smallest absolute Gasteiger partial charge is 0.191 e. The van der Waals surface area contributed by atoms with Crippen molar-refractivity contribution in [1.29, 1.82) is 0 Å². The zero-order valence-electron chi connectivity index (χ0n) is 14.9. The summed E-state index contributed by atoms with van der Waals surface area (Å²) in [6, 6.07) is 0. The fourth-order valence-electron chi connectivity index (χ4n) is 3.65. The summed E-state index contributed by atoms with van der Waals surface area (Å²) in [4.78, 5) is 6.90. The lowest BCUT2D eigenvalue weighted by molar-refractivity contribution is -0.00834. The van der Waals surface area contributed by atoms with E-state index >= 15 is 0 Å². The van der Waals surface area contributed by atoms with Crippen LogP contribution in [-0.2, 0) is 4.74 Å². The largest absolute Gasteiger partial charge is 0.379 e. The van der Waals surface area contributed by atoms with Gasteiger partial charge in [0, 0.05) is 38.8 Å². The van der Waals surface area contributed by atoms with Gasteiger partial charge in [0.2, 0.25) is 0 Å². The summed E-state index contributed by atoms with van der Waals surface area (Å²) in [5, 5.41) is 7.09. The minimum Gasteiger partial charge on any atom is -0.379 e. The Morgan fingerprint density at radius 3 is 2.39 bits per heavy atom. The zero-order chi connectivity index (χ0) is 15.6. The molecule has 6 heteroatoms. The second-order valence-corrected chi connectivity index (χ2v) is 7.83. The molecule has 0 spiro atoms. The fourth-order valence-corrected chi connectivity index (χ4v) is 3.65. The van der Waals surface area contributed by atoms with Crippen molar-refractivity contribution >= 4 is 29.9 Å². The van der Waals surface area contributed by atoms with Gasteiger partial charge in [-0.25, -0.2) is 0 Å². The van der Waals surface area contributed by atoms with E-state index in [0.29, 0.717) is 5.41 Å². The highest BCUT2D eigenvalue weighted by Gasteiger charge is 2.53. The number of aliphatic imine (C=N–C) groups is 1. The Balaban J connectivity index is 0.00000192. The van der Waals surface area contributed by atoms with E-state index < -0.39 is 0 Å². The first-order chi connectivity index (χ1) is 10.6. The van der Waals surface area contributed by atoms with Crippen LogP contribution in [0.25, 0.3) is 0 Å². The van der Waals surface area contributed by atoms with Crippen molar-refractivity contribution < 1.29 is 4.74 Å². The Labute approximate surface area is 158 Å². The lowest BCUT2D eigenvalue weighted by atomic mass is 10.0. The molecule has 0 aromatic carbocycles. The summed E-state index contributed by atoms with van der Waals surface area (Å²) in [6.07, 6.45) is 5.69. The highest BCUT2D eigenvalue weighted by molar-refractivity contribution is 14.0. The van der Waals surface area contributed by atoms with Crippen LogP contribution in [-0.4, -0.2) is 62.8 Å². The van der Waals surface area contributed by atoms with Crippen molar-refractivity contribution in [2.24, 2.45) is 16.3 Å². The van der Waals surface area contributed by atoms with Crippen LogP contribution in [0, 0.1) is 11.3 Å². The molecule has 3 rings (SSSR count). The van der Waals surface area contributed by atoms with Gasteiger partial charge < -0.3 is 15.4 Å². The average molecular weight is 436 g/mol. The Morgan fingerprint density at radius 1 is 1.22 bits per heavy atom. The van der Waals surface area contributed by atoms with Crippen molar-refractivity contribution in [3.8, 4) is 0 Å². The molecule has 2 aliphatic carbocycles. The molecule has 2 N–H and O–H groups in total. The van der Waals surface area contributed by atoms with E-state index in [0.717, 1.165) is 51.3 Å². The SMILES string of the molecule is CN=C(NCC1(C2CC2)CC1)NCC(C)(C)N1CCOCC1.I. The lowest BCUT2D eigenvalue weighted by Crippen LogP contribution is -2.56. The summed E-state index contributed by atoms with van der Waals surface area (Å²) in [5.74, 6) is 1.94. The van der Waals surface area contributed by atoms with Gasteiger partial charge in [-0.1, -0.05) is 0 Å². The van der Waals surface area contributed by atoms with Crippen molar-refractivity contribution in [2.75, 3.05) is 46.4 Å². The second kappa shape index (κ2) is 7.87. The molecule has 3 aliphatic rings. The van der Waals surface area contributed by atoms with E-state index in [4.69, 9.17) is 4.74 Å². The van der Waals surface area contributed by atoms with Crippen molar-refractivity contribution in [2.45, 2.75) is 45.1 Å². The minimum atomic E-state index is 0. The molecule has 1 heterocycles. The van der Waals surface area contributed by atoms with Crippen LogP contribution in [0.15, 0.2) is 4.99 Å². The molecule has 0 unspecified atom stereocenters. The first kappa shape index (κ1) is 19.2. The molecule has 0 aromatic heterocycles. The molecule has 134 valence electrons. The van der Waals surface area contributed by atoms with Crippen LogP contribution >= 0.6 is 24.0 Å². The molecule has 3 fully saturated rings. The van der Waals surface area contributed by atoms with Gasteiger partial charge in [-0.15, -0.1) is 24.0 Å². The average Bonchev–Trinajstić information content (AvgIpc) is 3.40. The van der Waals surface area contributed by atoms with Crippen LogP contribution in [0.2, 0.25) is 0 Å². The van der Waals surface area contributed by atoms with E-state index in [1.807, 2.05) is 7.05 Å². The molecule has 5 nitrogen and oxygen atoms in total. The number of rotatable bonds is 6. The molecule has 1 aliphatic heterocycles. The maximum absolute atomic E-state index is 5.45. The van der Waals surface area contributed by atoms with Gasteiger partial charge in [0.15, 0.2) is 5.96 Å². The van der Waals surface area contributed by atoms with E-state index in [1.165, 1.54) is 25.7 Å². The van der Waals surface area contributed by atoms with Gasteiger partial charge in [0.05, 0.1) is 13.2 Å². The third-order valence-corrected chi connectivity index (χ3v) is 5.72. The number of nitrogens with one attached hydrogen (secondary N) is 2. The number of hydrogen-bond donors (Lipinski definition) is 2. The number of hydrogen-bond acceptors (Lipinski definition) is 3. The van der Waals surface area contributed by atoms with Gasteiger partial charge in [0.25, 0.3) is 0 Å². The molecule has 0 amide bonds.